The van der Waals surface area contributed by atoms with Crippen molar-refractivity contribution < 1.29 is 9.59 Å². The summed E-state index contributed by atoms with van der Waals surface area (Å²) in [6.07, 6.45) is 2.63. The minimum atomic E-state index is -0.278. The average Bonchev–Trinajstić information content (AvgIpc) is 2.93. The van der Waals surface area contributed by atoms with E-state index in [1.165, 1.54) is 5.01 Å². The van der Waals surface area contributed by atoms with Gasteiger partial charge in [-0.1, -0.05) is 0 Å². The Hall–Kier alpha value is -2.70. The number of carbonyl (C=O) groups excluding carboxylic acids is 2. The van der Waals surface area contributed by atoms with Gasteiger partial charge in [-0.25, -0.2) is 5.01 Å². The van der Waals surface area contributed by atoms with Gasteiger partial charge in [0.1, 0.15) is 5.71 Å². The van der Waals surface area contributed by atoms with Crippen molar-refractivity contribution in [2.24, 2.45) is 5.10 Å². The Morgan fingerprint density at radius 2 is 2.09 bits per heavy atom. The number of fused-ring (bicyclic) bond motifs is 1. The van der Waals surface area contributed by atoms with Crippen molar-refractivity contribution >= 4 is 34.1 Å². The van der Waals surface area contributed by atoms with Crippen molar-refractivity contribution in [2.75, 3.05) is 12.4 Å². The number of hydrazone groups is 1. The van der Waals surface area contributed by atoms with E-state index >= 15 is 0 Å². The fraction of sp³-hybridized carbons (Fsp3) is 0.375. The maximum atomic E-state index is 12.3. The zero-order valence-electron chi connectivity index (χ0n) is 13.4. The predicted molar refractivity (Wildman–Crippen MR) is 88.2 cm³/mol. The van der Waals surface area contributed by atoms with Gasteiger partial charge in [0, 0.05) is 43.2 Å². The lowest BCUT2D eigenvalue weighted by molar-refractivity contribution is -0.130. The molecule has 2 aromatic rings. The molecule has 1 aliphatic rings. The number of anilines is 1. The van der Waals surface area contributed by atoms with E-state index in [9.17, 15) is 9.59 Å². The Kier molecular flexibility index (Phi) is 3.85. The number of benzene rings is 1. The summed E-state index contributed by atoms with van der Waals surface area (Å²) in [5.41, 5.74) is 1.94. The molecule has 1 aromatic carbocycles. The van der Waals surface area contributed by atoms with Gasteiger partial charge in [0.25, 0.3) is 5.91 Å². The predicted octanol–water partition coefficient (Wildman–Crippen LogP) is 2.16. The van der Waals surface area contributed by atoms with Crippen LogP contribution in [0.15, 0.2) is 29.5 Å². The number of hydrogen-bond donors (Lipinski definition) is 1. The minimum absolute atomic E-state index is 0.0796. The molecule has 2 heterocycles. The van der Waals surface area contributed by atoms with Gasteiger partial charge in [-0.05, 0) is 32.0 Å². The number of hydrogen-bond acceptors (Lipinski definition) is 4. The molecule has 0 bridgehead atoms. The van der Waals surface area contributed by atoms with Crippen molar-refractivity contribution in [1.29, 1.82) is 0 Å². The van der Waals surface area contributed by atoms with Gasteiger partial charge in [-0.3, -0.25) is 14.3 Å². The zero-order valence-corrected chi connectivity index (χ0v) is 13.4. The SMILES string of the molecule is CC(C)n1cc2cc(NC(=O)C3=NN(C)C(=O)CC3)ccc2n1. The van der Waals surface area contributed by atoms with Crippen LogP contribution in [0.2, 0.25) is 0 Å². The molecule has 23 heavy (non-hydrogen) atoms. The third-order valence-corrected chi connectivity index (χ3v) is 3.78. The molecule has 7 heteroatoms. The van der Waals surface area contributed by atoms with E-state index in [1.54, 1.807) is 7.05 Å². The van der Waals surface area contributed by atoms with Gasteiger partial charge in [0.15, 0.2) is 0 Å². The topological polar surface area (TPSA) is 79.6 Å². The normalized spacial score (nSPS) is 15.2. The second-order valence-corrected chi connectivity index (χ2v) is 5.89. The summed E-state index contributed by atoms with van der Waals surface area (Å²) in [7, 11) is 1.56. The van der Waals surface area contributed by atoms with Crippen LogP contribution in [0.3, 0.4) is 0 Å². The Balaban J connectivity index is 1.80. The van der Waals surface area contributed by atoms with E-state index in [0.717, 1.165) is 10.9 Å². The molecule has 120 valence electrons. The van der Waals surface area contributed by atoms with Crippen LogP contribution >= 0.6 is 0 Å². The smallest absolute Gasteiger partial charge is 0.271 e. The Bertz CT molecular complexity index is 806. The summed E-state index contributed by atoms with van der Waals surface area (Å²) in [5.74, 6) is -0.357. The largest absolute Gasteiger partial charge is 0.321 e. The van der Waals surface area contributed by atoms with Crippen LogP contribution in [0.5, 0.6) is 0 Å². The van der Waals surface area contributed by atoms with Crippen LogP contribution in [-0.4, -0.2) is 39.4 Å². The molecule has 0 atom stereocenters. The molecule has 0 aliphatic carbocycles. The molecule has 0 unspecified atom stereocenters. The van der Waals surface area contributed by atoms with Crippen LogP contribution in [0, 0.1) is 0 Å². The summed E-state index contributed by atoms with van der Waals surface area (Å²) in [4.78, 5) is 23.7. The average molecular weight is 313 g/mol. The summed E-state index contributed by atoms with van der Waals surface area (Å²) >= 11 is 0. The fourth-order valence-electron chi connectivity index (χ4n) is 2.42. The molecule has 0 saturated heterocycles. The van der Waals surface area contributed by atoms with Crippen LogP contribution in [0.4, 0.5) is 5.69 Å². The lowest BCUT2D eigenvalue weighted by Crippen LogP contribution is -2.34. The minimum Gasteiger partial charge on any atom is -0.321 e. The highest BCUT2D eigenvalue weighted by atomic mass is 16.2. The molecule has 1 N–H and O–H groups in total. The van der Waals surface area contributed by atoms with Gasteiger partial charge in [0.05, 0.1) is 5.52 Å². The molecule has 1 aromatic heterocycles. The molecule has 3 rings (SSSR count). The molecule has 7 nitrogen and oxygen atoms in total. The van der Waals surface area contributed by atoms with Crippen LogP contribution < -0.4 is 5.32 Å². The quantitative estimate of drug-likeness (QED) is 0.943. The maximum Gasteiger partial charge on any atom is 0.271 e. The number of nitrogens with zero attached hydrogens (tertiary/aromatic N) is 4. The number of carbonyl (C=O) groups is 2. The van der Waals surface area contributed by atoms with E-state index in [0.29, 0.717) is 24.2 Å². The zero-order chi connectivity index (χ0) is 16.6. The second-order valence-electron chi connectivity index (χ2n) is 5.89. The highest BCUT2D eigenvalue weighted by Gasteiger charge is 2.22. The molecule has 2 amide bonds. The Labute approximate surface area is 133 Å². The first kappa shape index (κ1) is 15.2. The summed E-state index contributed by atoms with van der Waals surface area (Å²) in [6.45, 7) is 4.13. The first-order valence-electron chi connectivity index (χ1n) is 7.58. The first-order chi connectivity index (χ1) is 10.9. The first-order valence-corrected chi connectivity index (χ1v) is 7.58. The number of rotatable bonds is 3. The monoisotopic (exact) mass is 313 g/mol. The van der Waals surface area contributed by atoms with E-state index in [-0.39, 0.29) is 17.9 Å². The van der Waals surface area contributed by atoms with Crippen molar-refractivity contribution in [3.05, 3.63) is 24.4 Å². The number of amides is 2. The van der Waals surface area contributed by atoms with E-state index < -0.39 is 0 Å². The van der Waals surface area contributed by atoms with Gasteiger partial charge < -0.3 is 5.32 Å². The van der Waals surface area contributed by atoms with Gasteiger partial charge in [-0.2, -0.15) is 10.2 Å². The fourth-order valence-corrected chi connectivity index (χ4v) is 2.42. The lowest BCUT2D eigenvalue weighted by atomic mass is 10.1. The molecule has 0 saturated carbocycles. The van der Waals surface area contributed by atoms with E-state index in [2.05, 4.69) is 29.4 Å². The van der Waals surface area contributed by atoms with E-state index in [1.807, 2.05) is 29.1 Å². The molecule has 0 radical (unpaired) electrons. The van der Waals surface area contributed by atoms with Crippen molar-refractivity contribution in [3.8, 4) is 0 Å². The van der Waals surface area contributed by atoms with Crippen LogP contribution in [0.25, 0.3) is 10.9 Å². The second kappa shape index (κ2) is 5.83. The maximum absolute atomic E-state index is 12.3. The summed E-state index contributed by atoms with van der Waals surface area (Å²) in [5, 5.41) is 13.5. The van der Waals surface area contributed by atoms with Crippen LogP contribution in [0.1, 0.15) is 32.7 Å². The summed E-state index contributed by atoms with van der Waals surface area (Å²) in [6, 6.07) is 5.86. The van der Waals surface area contributed by atoms with E-state index in [4.69, 9.17) is 0 Å². The Morgan fingerprint density at radius 1 is 1.30 bits per heavy atom. The van der Waals surface area contributed by atoms with Crippen molar-refractivity contribution in [1.82, 2.24) is 14.8 Å². The molecular formula is C16H19N5O2. The molecule has 1 aliphatic heterocycles. The van der Waals surface area contributed by atoms with Gasteiger partial charge in [-0.15, -0.1) is 0 Å². The molecule has 0 spiro atoms. The third-order valence-electron chi connectivity index (χ3n) is 3.78. The molecular weight excluding hydrogens is 294 g/mol. The standard InChI is InChI=1S/C16H19N5O2/c1-10(2)21-9-11-8-12(4-5-13(11)19-21)17-16(23)14-6-7-15(22)20(3)18-14/h4-5,8-10H,6-7H2,1-3H3,(H,17,23). The highest BCUT2D eigenvalue weighted by molar-refractivity contribution is 6.43. The molecule has 0 fully saturated rings. The highest BCUT2D eigenvalue weighted by Crippen LogP contribution is 2.20. The summed E-state index contributed by atoms with van der Waals surface area (Å²) < 4.78 is 1.89. The lowest BCUT2D eigenvalue weighted by Gasteiger charge is -2.18. The van der Waals surface area contributed by atoms with Crippen LogP contribution in [-0.2, 0) is 9.59 Å². The number of nitrogens with one attached hydrogen (secondary N) is 1. The number of aromatic nitrogens is 2. The third kappa shape index (κ3) is 3.08. The Morgan fingerprint density at radius 3 is 2.78 bits per heavy atom. The van der Waals surface area contributed by atoms with Crippen molar-refractivity contribution in [2.45, 2.75) is 32.7 Å². The van der Waals surface area contributed by atoms with Crippen molar-refractivity contribution in [3.63, 3.8) is 0 Å². The van der Waals surface area contributed by atoms with Gasteiger partial charge in [0.2, 0.25) is 5.91 Å². The van der Waals surface area contributed by atoms with Gasteiger partial charge >= 0.3 is 0 Å².